The van der Waals surface area contributed by atoms with E-state index in [9.17, 15) is 9.59 Å². The van der Waals surface area contributed by atoms with Gasteiger partial charge in [0.1, 0.15) is 0 Å². The van der Waals surface area contributed by atoms with Crippen molar-refractivity contribution in [1.29, 1.82) is 0 Å². The van der Waals surface area contributed by atoms with Crippen LogP contribution in [0.1, 0.15) is 35.3 Å². The van der Waals surface area contributed by atoms with Crippen molar-refractivity contribution in [2.75, 3.05) is 36.4 Å². The molecule has 0 bridgehead atoms. The summed E-state index contributed by atoms with van der Waals surface area (Å²) in [6.45, 7) is 11.2. The molecule has 5 nitrogen and oxygen atoms in total. The van der Waals surface area contributed by atoms with Crippen molar-refractivity contribution in [2.24, 2.45) is 0 Å². The highest BCUT2D eigenvalue weighted by Crippen LogP contribution is 2.24. The molecule has 1 amide bonds. The predicted octanol–water partition coefficient (Wildman–Crippen LogP) is 3.66. The van der Waals surface area contributed by atoms with Crippen LogP contribution in [0, 0.1) is 13.8 Å². The number of hydrogen-bond acceptors (Lipinski definition) is 4. The lowest BCUT2D eigenvalue weighted by atomic mass is 10.1. The van der Waals surface area contributed by atoms with Crippen LogP contribution in [0.25, 0.3) is 0 Å². The maximum Gasteiger partial charge on any atom is 0.241 e. The van der Waals surface area contributed by atoms with Crippen molar-refractivity contribution in [3.63, 3.8) is 0 Å². The Kier molecular flexibility index (Phi) is 6.15. The van der Waals surface area contributed by atoms with Gasteiger partial charge >= 0.3 is 0 Å². The smallest absolute Gasteiger partial charge is 0.241 e. The summed E-state index contributed by atoms with van der Waals surface area (Å²) in [6, 6.07) is 13.3. The highest BCUT2D eigenvalue weighted by Gasteiger charge is 2.26. The molecule has 0 aromatic heterocycles. The molecule has 0 saturated carbocycles. The first kappa shape index (κ1) is 20.1. The molecule has 2 aromatic carbocycles. The Labute approximate surface area is 167 Å². The fourth-order valence-corrected chi connectivity index (χ4v) is 3.73. The number of carbonyl (C=O) groups excluding carboxylic acids is 2. The number of aryl methyl sites for hydroxylation is 1. The Morgan fingerprint density at radius 1 is 0.964 bits per heavy atom. The van der Waals surface area contributed by atoms with Gasteiger partial charge in [0.2, 0.25) is 5.91 Å². The van der Waals surface area contributed by atoms with E-state index < -0.39 is 0 Å². The van der Waals surface area contributed by atoms with E-state index in [0.29, 0.717) is 11.3 Å². The number of benzene rings is 2. The first-order valence-corrected chi connectivity index (χ1v) is 9.84. The number of Topliss-reactive ketones (excluding diaryl/α,β-unsaturated/α-hetero) is 1. The Balaban J connectivity index is 1.62. The zero-order valence-electron chi connectivity index (χ0n) is 17.2. The van der Waals surface area contributed by atoms with Crippen LogP contribution in [0.4, 0.5) is 11.4 Å². The van der Waals surface area contributed by atoms with Crippen LogP contribution in [-0.4, -0.2) is 48.8 Å². The number of ketones is 1. The van der Waals surface area contributed by atoms with E-state index in [-0.39, 0.29) is 17.7 Å². The Morgan fingerprint density at radius 3 is 2.32 bits per heavy atom. The van der Waals surface area contributed by atoms with Crippen molar-refractivity contribution >= 4 is 23.1 Å². The monoisotopic (exact) mass is 379 g/mol. The summed E-state index contributed by atoms with van der Waals surface area (Å²) >= 11 is 0. The van der Waals surface area contributed by atoms with Crippen LogP contribution < -0.4 is 10.2 Å². The number of piperazine rings is 1. The topological polar surface area (TPSA) is 52.7 Å². The molecule has 1 heterocycles. The normalized spacial score (nSPS) is 15.9. The third-order valence-electron chi connectivity index (χ3n) is 5.72. The number of anilines is 2. The molecule has 0 aliphatic carbocycles. The molecule has 1 fully saturated rings. The molecule has 3 rings (SSSR count). The number of para-hydroxylation sites is 1. The van der Waals surface area contributed by atoms with Crippen LogP contribution in [0.15, 0.2) is 42.5 Å². The lowest BCUT2D eigenvalue weighted by Crippen LogP contribution is -2.53. The van der Waals surface area contributed by atoms with E-state index in [1.807, 2.05) is 19.1 Å². The Bertz CT molecular complexity index is 870. The Morgan fingerprint density at radius 2 is 1.64 bits per heavy atom. The first-order valence-electron chi connectivity index (χ1n) is 9.84. The number of carbonyl (C=O) groups is 2. The van der Waals surface area contributed by atoms with Gasteiger partial charge in [-0.1, -0.05) is 24.3 Å². The van der Waals surface area contributed by atoms with Crippen LogP contribution in [-0.2, 0) is 4.79 Å². The zero-order chi connectivity index (χ0) is 20.3. The summed E-state index contributed by atoms with van der Waals surface area (Å²) in [4.78, 5) is 29.1. The van der Waals surface area contributed by atoms with Crippen LogP contribution >= 0.6 is 0 Å². The molecule has 1 saturated heterocycles. The average molecular weight is 380 g/mol. The maximum absolute atomic E-state index is 12.8. The van der Waals surface area contributed by atoms with Gasteiger partial charge < -0.3 is 10.2 Å². The van der Waals surface area contributed by atoms with Crippen molar-refractivity contribution in [3.8, 4) is 0 Å². The summed E-state index contributed by atoms with van der Waals surface area (Å²) in [5, 5.41) is 2.93. The molecule has 0 radical (unpaired) electrons. The maximum atomic E-state index is 12.8. The van der Waals surface area contributed by atoms with E-state index >= 15 is 0 Å². The van der Waals surface area contributed by atoms with Gasteiger partial charge in [-0.15, -0.1) is 0 Å². The molecule has 2 aromatic rings. The summed E-state index contributed by atoms with van der Waals surface area (Å²) in [5.74, 6) is -0.125. The first-order chi connectivity index (χ1) is 13.4. The summed E-state index contributed by atoms with van der Waals surface area (Å²) in [6.07, 6.45) is 0. The standard InChI is InChI=1S/C23H29N3O2/c1-16-8-7-11-22(17(16)2)26-14-12-25(13-15-26)18(3)23(28)24-21-10-6-5-9-20(21)19(4)27/h5-11,18H,12-15H2,1-4H3,(H,24,28)/t18-/m0/s1. The van der Waals surface area contributed by atoms with Gasteiger partial charge in [0.15, 0.2) is 5.78 Å². The van der Waals surface area contributed by atoms with E-state index in [1.165, 1.54) is 23.7 Å². The molecule has 5 heteroatoms. The molecule has 0 unspecified atom stereocenters. The van der Waals surface area contributed by atoms with Gasteiger partial charge in [0, 0.05) is 37.4 Å². The van der Waals surface area contributed by atoms with E-state index in [4.69, 9.17) is 0 Å². The minimum absolute atomic E-state index is 0.0503. The van der Waals surface area contributed by atoms with Crippen LogP contribution in [0.3, 0.4) is 0 Å². The van der Waals surface area contributed by atoms with Gasteiger partial charge in [-0.05, 0) is 57.0 Å². The fourth-order valence-electron chi connectivity index (χ4n) is 3.73. The number of hydrogen-bond donors (Lipinski definition) is 1. The van der Waals surface area contributed by atoms with Gasteiger partial charge in [-0.2, -0.15) is 0 Å². The highest BCUT2D eigenvalue weighted by atomic mass is 16.2. The number of amides is 1. The number of rotatable bonds is 5. The lowest BCUT2D eigenvalue weighted by molar-refractivity contribution is -0.120. The van der Waals surface area contributed by atoms with Crippen molar-refractivity contribution < 1.29 is 9.59 Å². The lowest BCUT2D eigenvalue weighted by Gasteiger charge is -2.39. The zero-order valence-corrected chi connectivity index (χ0v) is 17.2. The molecule has 1 aliphatic heterocycles. The molecule has 1 aliphatic rings. The molecular formula is C23H29N3O2. The van der Waals surface area contributed by atoms with E-state index in [0.717, 1.165) is 26.2 Å². The summed E-state index contributed by atoms with van der Waals surface area (Å²) < 4.78 is 0. The molecule has 148 valence electrons. The Hall–Kier alpha value is -2.66. The van der Waals surface area contributed by atoms with Gasteiger partial charge in [-0.3, -0.25) is 14.5 Å². The van der Waals surface area contributed by atoms with Gasteiger partial charge in [-0.25, -0.2) is 0 Å². The van der Waals surface area contributed by atoms with Crippen molar-refractivity contribution in [2.45, 2.75) is 33.7 Å². The largest absolute Gasteiger partial charge is 0.369 e. The van der Waals surface area contributed by atoms with E-state index in [1.54, 1.807) is 12.1 Å². The minimum Gasteiger partial charge on any atom is -0.369 e. The summed E-state index contributed by atoms with van der Waals surface area (Å²) in [7, 11) is 0. The van der Waals surface area contributed by atoms with Gasteiger partial charge in [0.25, 0.3) is 0 Å². The molecule has 1 N–H and O–H groups in total. The molecule has 1 atom stereocenters. The molecule has 0 spiro atoms. The third-order valence-corrected chi connectivity index (χ3v) is 5.72. The highest BCUT2D eigenvalue weighted by molar-refractivity contribution is 6.04. The number of nitrogens with zero attached hydrogens (tertiary/aromatic N) is 2. The van der Waals surface area contributed by atoms with E-state index in [2.05, 4.69) is 47.2 Å². The molecular weight excluding hydrogens is 350 g/mol. The SMILES string of the molecule is CC(=O)c1ccccc1NC(=O)[C@H](C)N1CCN(c2cccc(C)c2C)CC1. The van der Waals surface area contributed by atoms with Gasteiger partial charge in [0.05, 0.1) is 11.7 Å². The fraction of sp³-hybridized carbons (Fsp3) is 0.391. The summed E-state index contributed by atoms with van der Waals surface area (Å²) in [5.41, 5.74) is 5.04. The minimum atomic E-state index is -0.249. The molecule has 28 heavy (non-hydrogen) atoms. The quantitative estimate of drug-likeness (QED) is 0.806. The third kappa shape index (κ3) is 4.25. The second kappa shape index (κ2) is 8.57. The average Bonchev–Trinajstić information content (AvgIpc) is 2.70. The van der Waals surface area contributed by atoms with Crippen LogP contribution in [0.2, 0.25) is 0 Å². The van der Waals surface area contributed by atoms with Crippen molar-refractivity contribution in [1.82, 2.24) is 4.90 Å². The second-order valence-electron chi connectivity index (χ2n) is 7.51. The number of nitrogens with one attached hydrogen (secondary N) is 1. The predicted molar refractivity (Wildman–Crippen MR) is 114 cm³/mol. The second-order valence-corrected chi connectivity index (χ2v) is 7.51. The van der Waals surface area contributed by atoms with Crippen LogP contribution in [0.5, 0.6) is 0 Å². The van der Waals surface area contributed by atoms with Crippen molar-refractivity contribution in [3.05, 3.63) is 59.2 Å².